The predicted octanol–water partition coefficient (Wildman–Crippen LogP) is 2.99. The Morgan fingerprint density at radius 1 is 1.22 bits per heavy atom. The number of aromatic amines is 1. The van der Waals surface area contributed by atoms with Crippen LogP contribution in [0, 0.1) is 6.92 Å². The van der Waals surface area contributed by atoms with Gasteiger partial charge in [0.05, 0.1) is 0 Å². The Hall–Kier alpha value is -2.88. The van der Waals surface area contributed by atoms with Crippen molar-refractivity contribution in [1.29, 1.82) is 0 Å². The molecule has 4 nitrogen and oxygen atoms in total. The maximum atomic E-state index is 11.8. The number of rotatable bonds is 5. The van der Waals surface area contributed by atoms with Crippen molar-refractivity contribution in [2.45, 2.75) is 19.4 Å². The summed E-state index contributed by atoms with van der Waals surface area (Å²) in [6.07, 6.45) is 4.14. The van der Waals surface area contributed by atoms with Gasteiger partial charge in [-0.15, -0.1) is 0 Å². The van der Waals surface area contributed by atoms with Gasteiger partial charge in [0.15, 0.2) is 0 Å². The lowest BCUT2D eigenvalue weighted by Gasteiger charge is -2.08. The number of benzene rings is 2. The Bertz CT molecular complexity index is 864. The molecule has 0 saturated carbocycles. The number of nitrogens with two attached hydrogens (primary N) is 1. The summed E-state index contributed by atoms with van der Waals surface area (Å²) in [6.45, 7) is 2.01. The molecular weight excluding hydrogens is 286 g/mol. The van der Waals surface area contributed by atoms with Gasteiger partial charge in [-0.3, -0.25) is 9.79 Å². The molecule has 3 N–H and O–H groups in total. The molecule has 0 fully saturated rings. The van der Waals surface area contributed by atoms with Crippen molar-refractivity contribution in [3.63, 3.8) is 0 Å². The Kier molecular flexibility index (Phi) is 4.24. The highest BCUT2D eigenvalue weighted by atomic mass is 16.1. The van der Waals surface area contributed by atoms with E-state index in [4.69, 9.17) is 5.73 Å². The number of hydrogen-bond acceptors (Lipinski definition) is 2. The number of aliphatic imine (C=N–C) groups is 1. The molecule has 1 amide bonds. The van der Waals surface area contributed by atoms with Gasteiger partial charge in [-0.2, -0.15) is 0 Å². The summed E-state index contributed by atoms with van der Waals surface area (Å²) in [5.74, 6) is -0.417. The summed E-state index contributed by atoms with van der Waals surface area (Å²) in [6, 6.07) is 15.3. The van der Waals surface area contributed by atoms with Crippen LogP contribution in [0.15, 0.2) is 59.7 Å². The monoisotopic (exact) mass is 305 g/mol. The van der Waals surface area contributed by atoms with E-state index in [2.05, 4.69) is 9.98 Å². The molecule has 0 unspecified atom stereocenters. The molecule has 0 saturated heterocycles. The minimum atomic E-state index is -0.575. The van der Waals surface area contributed by atoms with Crippen LogP contribution < -0.4 is 5.73 Å². The molecule has 0 aliphatic carbocycles. The van der Waals surface area contributed by atoms with E-state index in [0.717, 1.165) is 27.6 Å². The number of aromatic nitrogens is 1. The molecule has 0 aliphatic rings. The highest BCUT2D eigenvalue weighted by Crippen LogP contribution is 2.20. The van der Waals surface area contributed by atoms with Crippen molar-refractivity contribution < 1.29 is 4.79 Å². The fourth-order valence-corrected chi connectivity index (χ4v) is 2.64. The van der Waals surface area contributed by atoms with Crippen LogP contribution in [-0.2, 0) is 11.2 Å². The third-order valence-electron chi connectivity index (χ3n) is 4.00. The number of amides is 1. The number of primary amides is 1. The molecule has 23 heavy (non-hydrogen) atoms. The Morgan fingerprint density at radius 2 is 1.96 bits per heavy atom. The van der Waals surface area contributed by atoms with Crippen molar-refractivity contribution in [2.24, 2.45) is 10.7 Å². The largest absolute Gasteiger partial charge is 0.368 e. The SMILES string of the molecule is Cc1ccccc1C=N[C@@H](Cc1c[nH]c2ccccc12)C(N)=O. The molecule has 0 radical (unpaired) electrons. The summed E-state index contributed by atoms with van der Waals surface area (Å²) in [5.41, 5.74) is 9.75. The molecule has 2 aromatic carbocycles. The van der Waals surface area contributed by atoms with Gasteiger partial charge in [-0.05, 0) is 29.7 Å². The molecule has 0 spiro atoms. The second-order valence-electron chi connectivity index (χ2n) is 5.62. The zero-order valence-electron chi connectivity index (χ0n) is 13.0. The van der Waals surface area contributed by atoms with Crippen molar-refractivity contribution in [1.82, 2.24) is 4.98 Å². The summed E-state index contributed by atoms with van der Waals surface area (Å²) in [4.78, 5) is 19.4. The summed E-state index contributed by atoms with van der Waals surface area (Å²) in [7, 11) is 0. The van der Waals surface area contributed by atoms with E-state index in [1.807, 2.05) is 61.7 Å². The Balaban J connectivity index is 1.85. The first-order valence-electron chi connectivity index (χ1n) is 7.58. The summed E-state index contributed by atoms with van der Waals surface area (Å²) < 4.78 is 0. The highest BCUT2D eigenvalue weighted by Gasteiger charge is 2.16. The number of fused-ring (bicyclic) bond motifs is 1. The molecule has 0 aliphatic heterocycles. The quantitative estimate of drug-likeness (QED) is 0.699. The lowest BCUT2D eigenvalue weighted by molar-refractivity contribution is -0.119. The highest BCUT2D eigenvalue weighted by molar-refractivity contribution is 5.88. The van der Waals surface area contributed by atoms with Gasteiger partial charge in [0, 0.05) is 29.7 Å². The van der Waals surface area contributed by atoms with E-state index < -0.39 is 11.9 Å². The Morgan fingerprint density at radius 3 is 2.74 bits per heavy atom. The maximum absolute atomic E-state index is 11.8. The van der Waals surface area contributed by atoms with Gasteiger partial charge < -0.3 is 10.7 Å². The second kappa shape index (κ2) is 6.48. The number of nitrogens with one attached hydrogen (secondary N) is 1. The van der Waals surface area contributed by atoms with Gasteiger partial charge in [-0.1, -0.05) is 42.5 Å². The minimum absolute atomic E-state index is 0.417. The fourth-order valence-electron chi connectivity index (χ4n) is 2.64. The van der Waals surface area contributed by atoms with Crippen molar-refractivity contribution in [3.8, 4) is 0 Å². The average molecular weight is 305 g/mol. The van der Waals surface area contributed by atoms with Gasteiger partial charge >= 0.3 is 0 Å². The third kappa shape index (κ3) is 3.31. The number of H-pyrrole nitrogens is 1. The van der Waals surface area contributed by atoms with Gasteiger partial charge in [0.25, 0.3) is 0 Å². The van der Waals surface area contributed by atoms with E-state index in [9.17, 15) is 4.79 Å². The predicted molar refractivity (Wildman–Crippen MR) is 93.8 cm³/mol. The number of hydrogen-bond donors (Lipinski definition) is 2. The zero-order chi connectivity index (χ0) is 16.2. The smallest absolute Gasteiger partial charge is 0.242 e. The van der Waals surface area contributed by atoms with Crippen LogP contribution in [0.3, 0.4) is 0 Å². The zero-order valence-corrected chi connectivity index (χ0v) is 13.0. The molecule has 116 valence electrons. The second-order valence-corrected chi connectivity index (χ2v) is 5.62. The first kappa shape index (κ1) is 15.0. The van der Waals surface area contributed by atoms with Crippen molar-refractivity contribution >= 4 is 23.0 Å². The van der Waals surface area contributed by atoms with Crippen molar-refractivity contribution in [3.05, 3.63) is 71.4 Å². The molecule has 1 atom stereocenters. The standard InChI is InChI=1S/C19H19N3O/c1-13-6-2-3-7-14(13)11-22-18(19(20)23)10-15-12-21-17-9-5-4-8-16(15)17/h2-9,11-12,18,21H,10H2,1H3,(H2,20,23)/t18-/m0/s1. The third-order valence-corrected chi connectivity index (χ3v) is 4.00. The number of aryl methyl sites for hydroxylation is 1. The normalized spacial score (nSPS) is 12.7. The molecule has 3 aromatic rings. The van der Waals surface area contributed by atoms with E-state index in [-0.39, 0.29) is 0 Å². The van der Waals surface area contributed by atoms with Crippen LogP contribution in [0.1, 0.15) is 16.7 Å². The molecule has 4 heteroatoms. The number of nitrogens with zero attached hydrogens (tertiary/aromatic N) is 1. The number of carbonyl (C=O) groups is 1. The van der Waals surface area contributed by atoms with Crippen LogP contribution in [0.5, 0.6) is 0 Å². The Labute approximate surface area is 135 Å². The van der Waals surface area contributed by atoms with Crippen LogP contribution in [0.2, 0.25) is 0 Å². The van der Waals surface area contributed by atoms with Gasteiger partial charge in [-0.25, -0.2) is 0 Å². The van der Waals surface area contributed by atoms with Gasteiger partial charge in [0.1, 0.15) is 6.04 Å². The van der Waals surface area contributed by atoms with Crippen molar-refractivity contribution in [2.75, 3.05) is 0 Å². The average Bonchev–Trinajstić information content (AvgIpc) is 2.95. The summed E-state index contributed by atoms with van der Waals surface area (Å²) in [5, 5.41) is 1.10. The van der Waals surface area contributed by atoms with E-state index in [1.54, 1.807) is 6.21 Å². The minimum Gasteiger partial charge on any atom is -0.368 e. The first-order valence-corrected chi connectivity index (χ1v) is 7.58. The van der Waals surface area contributed by atoms with E-state index in [1.165, 1.54) is 0 Å². The first-order chi connectivity index (χ1) is 11.1. The summed E-state index contributed by atoms with van der Waals surface area (Å²) >= 11 is 0. The number of para-hydroxylation sites is 1. The molecule has 3 rings (SSSR count). The molecule has 1 heterocycles. The van der Waals surface area contributed by atoms with Crippen LogP contribution in [0.4, 0.5) is 0 Å². The lowest BCUT2D eigenvalue weighted by atomic mass is 10.0. The van der Waals surface area contributed by atoms with E-state index >= 15 is 0 Å². The maximum Gasteiger partial charge on any atom is 0.242 e. The number of carbonyl (C=O) groups excluding carboxylic acids is 1. The van der Waals surface area contributed by atoms with Crippen LogP contribution in [0.25, 0.3) is 10.9 Å². The lowest BCUT2D eigenvalue weighted by Crippen LogP contribution is -2.29. The van der Waals surface area contributed by atoms with Crippen LogP contribution in [-0.4, -0.2) is 23.1 Å². The van der Waals surface area contributed by atoms with Crippen LogP contribution >= 0.6 is 0 Å². The van der Waals surface area contributed by atoms with E-state index in [0.29, 0.717) is 6.42 Å². The topological polar surface area (TPSA) is 71.2 Å². The fraction of sp³-hybridized carbons (Fsp3) is 0.158. The van der Waals surface area contributed by atoms with Gasteiger partial charge in [0.2, 0.25) is 5.91 Å². The molecule has 1 aromatic heterocycles. The molecular formula is C19H19N3O. The molecule has 0 bridgehead atoms.